The Morgan fingerprint density at radius 1 is 1.32 bits per heavy atom. The fourth-order valence-electron chi connectivity index (χ4n) is 2.90. The molecule has 1 aliphatic heterocycles. The van der Waals surface area contributed by atoms with Crippen LogP contribution in [0.2, 0.25) is 5.02 Å². The van der Waals surface area contributed by atoms with Crippen LogP contribution >= 0.6 is 11.6 Å². The third-order valence-electron chi connectivity index (χ3n) is 4.22. The van der Waals surface area contributed by atoms with E-state index < -0.39 is 40.2 Å². The van der Waals surface area contributed by atoms with Gasteiger partial charge < -0.3 is 14.6 Å². The van der Waals surface area contributed by atoms with Crippen LogP contribution in [0.3, 0.4) is 0 Å². The van der Waals surface area contributed by atoms with Gasteiger partial charge in [-0.25, -0.2) is 17.6 Å². The van der Waals surface area contributed by atoms with Crippen LogP contribution in [-0.4, -0.2) is 44.5 Å². The number of fused-ring (bicyclic) bond motifs is 1. The maximum Gasteiger partial charge on any atom is 0.412 e. The van der Waals surface area contributed by atoms with Gasteiger partial charge in [0.1, 0.15) is 23.3 Å². The number of rotatable bonds is 4. The van der Waals surface area contributed by atoms with Gasteiger partial charge in [0.05, 0.1) is 28.8 Å². The Labute approximate surface area is 184 Å². The van der Waals surface area contributed by atoms with Gasteiger partial charge in [0.15, 0.2) is 0 Å². The van der Waals surface area contributed by atoms with Crippen LogP contribution in [0, 0.1) is 5.82 Å². The fourth-order valence-corrected chi connectivity index (χ4v) is 4.67. The Kier molecular flexibility index (Phi) is 6.35. The molecule has 11 heteroatoms. The predicted molar refractivity (Wildman–Crippen MR) is 114 cm³/mol. The van der Waals surface area contributed by atoms with Crippen LogP contribution < -0.4 is 14.4 Å². The molecule has 1 amide bonds. The maximum absolute atomic E-state index is 13.5. The number of halogens is 2. The SMILES string of the molecule is CC(C)(C)OC(=O)Nc1ccc2c(c1)N(S(=O)(=O)c1ccc(F)c(Cl)c1)C[C@H](CO)O2. The van der Waals surface area contributed by atoms with Gasteiger partial charge in [-0.05, 0) is 57.2 Å². The van der Waals surface area contributed by atoms with Crippen molar-refractivity contribution >= 4 is 39.1 Å². The van der Waals surface area contributed by atoms with Crippen molar-refractivity contribution in [3.8, 4) is 5.75 Å². The summed E-state index contributed by atoms with van der Waals surface area (Å²) in [5.41, 5.74) is -0.303. The highest BCUT2D eigenvalue weighted by molar-refractivity contribution is 7.92. The number of aliphatic hydroxyl groups excluding tert-OH is 1. The number of benzene rings is 2. The summed E-state index contributed by atoms with van der Waals surface area (Å²) in [6.07, 6.45) is -1.53. The number of aliphatic hydroxyl groups is 1. The Morgan fingerprint density at radius 3 is 2.65 bits per heavy atom. The van der Waals surface area contributed by atoms with E-state index in [1.807, 2.05) is 0 Å². The molecule has 0 spiro atoms. The minimum atomic E-state index is -4.18. The average Bonchev–Trinajstić information content (AvgIpc) is 2.67. The van der Waals surface area contributed by atoms with E-state index in [-0.39, 0.29) is 33.6 Å². The number of hydrogen-bond acceptors (Lipinski definition) is 6. The molecule has 1 aliphatic rings. The Bertz CT molecular complexity index is 1100. The van der Waals surface area contributed by atoms with Crippen LogP contribution in [0.1, 0.15) is 20.8 Å². The number of sulfonamides is 1. The van der Waals surface area contributed by atoms with Gasteiger partial charge in [0.2, 0.25) is 0 Å². The maximum atomic E-state index is 13.5. The first-order valence-corrected chi connectivity index (χ1v) is 11.1. The molecule has 1 heterocycles. The standard InChI is InChI=1S/C20H22ClFN2O6S/c1-20(2,3)30-19(26)23-12-4-7-18-17(8-12)24(10-13(11-25)29-18)31(27,28)14-5-6-16(22)15(21)9-14/h4-9,13,25H,10-11H2,1-3H3,(H,23,26)/t13-/m1/s1. The number of nitrogens with zero attached hydrogens (tertiary/aromatic N) is 1. The van der Waals surface area contributed by atoms with Crippen molar-refractivity contribution < 1.29 is 32.2 Å². The predicted octanol–water partition coefficient (Wildman–Crippen LogP) is 3.77. The molecule has 0 bridgehead atoms. The third kappa shape index (κ3) is 5.20. The molecule has 0 saturated carbocycles. The summed E-state index contributed by atoms with van der Waals surface area (Å²) in [5.74, 6) is -0.558. The summed E-state index contributed by atoms with van der Waals surface area (Å²) < 4.78 is 52.0. The monoisotopic (exact) mass is 472 g/mol. The van der Waals surface area contributed by atoms with Crippen molar-refractivity contribution in [3.05, 3.63) is 47.2 Å². The summed E-state index contributed by atoms with van der Waals surface area (Å²) in [7, 11) is -4.18. The van der Waals surface area contributed by atoms with E-state index in [1.54, 1.807) is 20.8 Å². The Hall–Kier alpha value is -2.56. The molecule has 0 radical (unpaired) electrons. The van der Waals surface area contributed by atoms with Crippen LogP contribution in [0.4, 0.5) is 20.6 Å². The van der Waals surface area contributed by atoms with Crippen LogP contribution in [-0.2, 0) is 14.8 Å². The lowest BCUT2D eigenvalue weighted by molar-refractivity contribution is 0.0636. The van der Waals surface area contributed by atoms with Crippen LogP contribution in [0.5, 0.6) is 5.75 Å². The minimum absolute atomic E-state index is 0.138. The lowest BCUT2D eigenvalue weighted by Crippen LogP contribution is -2.45. The second kappa shape index (κ2) is 8.52. The molecule has 1 atom stereocenters. The third-order valence-corrected chi connectivity index (χ3v) is 6.28. The number of amides is 1. The van der Waals surface area contributed by atoms with Crippen LogP contribution in [0.25, 0.3) is 0 Å². The van der Waals surface area contributed by atoms with Gasteiger partial charge in [-0.2, -0.15) is 0 Å². The average molecular weight is 473 g/mol. The highest BCUT2D eigenvalue weighted by atomic mass is 35.5. The second-order valence-electron chi connectivity index (χ2n) is 7.84. The van der Waals surface area contributed by atoms with E-state index in [9.17, 15) is 22.7 Å². The summed E-state index contributed by atoms with van der Waals surface area (Å²) in [5, 5.41) is 11.7. The molecule has 0 unspecified atom stereocenters. The number of nitrogens with one attached hydrogen (secondary N) is 1. The topological polar surface area (TPSA) is 105 Å². The van der Waals surface area contributed by atoms with E-state index in [4.69, 9.17) is 21.1 Å². The van der Waals surface area contributed by atoms with E-state index in [0.717, 1.165) is 22.5 Å². The summed E-state index contributed by atoms with van der Waals surface area (Å²) in [4.78, 5) is 11.9. The zero-order chi connectivity index (χ0) is 23.0. The molecule has 2 aromatic carbocycles. The number of hydrogen-bond donors (Lipinski definition) is 2. The summed E-state index contributed by atoms with van der Waals surface area (Å²) in [6, 6.07) is 7.47. The van der Waals surface area contributed by atoms with Gasteiger partial charge in [-0.15, -0.1) is 0 Å². The molecule has 0 saturated heterocycles. The second-order valence-corrected chi connectivity index (χ2v) is 10.1. The van der Waals surface area contributed by atoms with Crippen molar-refractivity contribution in [1.29, 1.82) is 0 Å². The number of carbonyl (C=O) groups excluding carboxylic acids is 1. The normalized spacial score (nSPS) is 16.3. The lowest BCUT2D eigenvalue weighted by Gasteiger charge is -2.35. The number of ether oxygens (including phenoxy) is 2. The molecule has 168 valence electrons. The first-order chi connectivity index (χ1) is 14.4. The highest BCUT2D eigenvalue weighted by Crippen LogP contribution is 2.39. The molecule has 2 aromatic rings. The van der Waals surface area contributed by atoms with Gasteiger partial charge in [-0.1, -0.05) is 11.6 Å². The Morgan fingerprint density at radius 2 is 2.03 bits per heavy atom. The quantitative estimate of drug-likeness (QED) is 0.701. The van der Waals surface area contributed by atoms with E-state index in [2.05, 4.69) is 5.32 Å². The minimum Gasteiger partial charge on any atom is -0.484 e. The van der Waals surface area contributed by atoms with E-state index >= 15 is 0 Å². The first kappa shape index (κ1) is 23.1. The molecular weight excluding hydrogens is 451 g/mol. The highest BCUT2D eigenvalue weighted by Gasteiger charge is 2.35. The van der Waals surface area contributed by atoms with E-state index in [0.29, 0.717) is 0 Å². The van der Waals surface area contributed by atoms with Gasteiger partial charge in [0.25, 0.3) is 10.0 Å². The number of anilines is 2. The number of carbonyl (C=O) groups is 1. The van der Waals surface area contributed by atoms with Crippen molar-refractivity contribution in [2.75, 3.05) is 22.8 Å². The molecule has 3 rings (SSSR count). The molecule has 0 aromatic heterocycles. The van der Waals surface area contributed by atoms with Crippen LogP contribution in [0.15, 0.2) is 41.3 Å². The Balaban J connectivity index is 2.00. The largest absolute Gasteiger partial charge is 0.484 e. The molecule has 0 aliphatic carbocycles. The first-order valence-electron chi connectivity index (χ1n) is 9.30. The molecule has 0 fully saturated rings. The van der Waals surface area contributed by atoms with Crippen molar-refractivity contribution in [3.63, 3.8) is 0 Å². The van der Waals surface area contributed by atoms with Crippen molar-refractivity contribution in [2.45, 2.75) is 37.4 Å². The molecular formula is C20H22ClFN2O6S. The zero-order valence-electron chi connectivity index (χ0n) is 17.1. The van der Waals surface area contributed by atoms with E-state index in [1.165, 1.54) is 18.2 Å². The molecule has 2 N–H and O–H groups in total. The molecule has 31 heavy (non-hydrogen) atoms. The summed E-state index contributed by atoms with van der Waals surface area (Å²) in [6.45, 7) is 4.52. The van der Waals surface area contributed by atoms with Crippen molar-refractivity contribution in [1.82, 2.24) is 0 Å². The van der Waals surface area contributed by atoms with Gasteiger partial charge in [-0.3, -0.25) is 9.62 Å². The lowest BCUT2D eigenvalue weighted by atomic mass is 10.2. The summed E-state index contributed by atoms with van der Waals surface area (Å²) >= 11 is 5.77. The smallest absolute Gasteiger partial charge is 0.412 e. The molecule has 8 nitrogen and oxygen atoms in total. The zero-order valence-corrected chi connectivity index (χ0v) is 18.6. The van der Waals surface area contributed by atoms with Gasteiger partial charge in [0, 0.05) is 5.69 Å². The van der Waals surface area contributed by atoms with Crippen molar-refractivity contribution in [2.24, 2.45) is 0 Å². The van der Waals surface area contributed by atoms with Gasteiger partial charge >= 0.3 is 6.09 Å². The fraction of sp³-hybridized carbons (Fsp3) is 0.350.